The molecule has 1 N–H and O–H groups in total. The smallest absolute Gasteiger partial charge is 0.0570 e. The third-order valence-electron chi connectivity index (χ3n) is 1.66. The fourth-order valence-electron chi connectivity index (χ4n) is 1.11. The summed E-state index contributed by atoms with van der Waals surface area (Å²) in [6, 6.07) is 10.2. The molecule has 13 heavy (non-hydrogen) atoms. The van der Waals surface area contributed by atoms with Crippen LogP contribution in [0.1, 0.15) is 13.8 Å². The van der Waals surface area contributed by atoms with E-state index < -0.39 is 0 Å². The Balaban J connectivity index is 2.85. The standard InChI is InChI=1S/C11H16N2/c1-10(2)9-13(12-3)11-7-5-4-6-8-11/h4-9,12H,1-3H3. The number of hydrogen-bond acceptors (Lipinski definition) is 2. The molecular formula is C11H16N2. The Morgan fingerprint density at radius 3 is 2.31 bits per heavy atom. The van der Waals surface area contributed by atoms with E-state index in [1.54, 1.807) is 0 Å². The van der Waals surface area contributed by atoms with Crippen molar-refractivity contribution in [1.82, 2.24) is 5.43 Å². The molecule has 0 heterocycles. The highest BCUT2D eigenvalue weighted by Gasteiger charge is 1.97. The Morgan fingerprint density at radius 2 is 1.85 bits per heavy atom. The Morgan fingerprint density at radius 1 is 1.23 bits per heavy atom. The van der Waals surface area contributed by atoms with Crippen molar-refractivity contribution in [1.29, 1.82) is 0 Å². The van der Waals surface area contributed by atoms with Crippen LogP contribution >= 0.6 is 0 Å². The summed E-state index contributed by atoms with van der Waals surface area (Å²) in [6.45, 7) is 4.15. The molecule has 0 aliphatic heterocycles. The number of rotatable bonds is 3. The molecule has 70 valence electrons. The maximum atomic E-state index is 3.11. The second-order valence-corrected chi connectivity index (χ2v) is 3.14. The van der Waals surface area contributed by atoms with Crippen molar-refractivity contribution in [3.63, 3.8) is 0 Å². The first kappa shape index (κ1) is 9.81. The first-order chi connectivity index (χ1) is 6.24. The van der Waals surface area contributed by atoms with Gasteiger partial charge in [-0.25, -0.2) is 5.43 Å². The number of hydrazine groups is 1. The summed E-state index contributed by atoms with van der Waals surface area (Å²) >= 11 is 0. The van der Waals surface area contributed by atoms with E-state index in [0.717, 1.165) is 5.69 Å². The first-order valence-electron chi connectivity index (χ1n) is 4.40. The van der Waals surface area contributed by atoms with Gasteiger partial charge in [0.05, 0.1) is 5.69 Å². The number of anilines is 1. The first-order valence-corrected chi connectivity index (χ1v) is 4.40. The average molecular weight is 176 g/mol. The van der Waals surface area contributed by atoms with Gasteiger partial charge in [-0.3, -0.25) is 5.01 Å². The molecule has 0 saturated heterocycles. The third-order valence-corrected chi connectivity index (χ3v) is 1.66. The van der Waals surface area contributed by atoms with E-state index in [9.17, 15) is 0 Å². The molecule has 0 aromatic heterocycles. The van der Waals surface area contributed by atoms with E-state index in [0.29, 0.717) is 0 Å². The summed E-state index contributed by atoms with van der Waals surface area (Å²) in [4.78, 5) is 0. The van der Waals surface area contributed by atoms with Gasteiger partial charge in [0.15, 0.2) is 0 Å². The summed E-state index contributed by atoms with van der Waals surface area (Å²) < 4.78 is 0. The molecule has 2 nitrogen and oxygen atoms in total. The molecular weight excluding hydrogens is 160 g/mol. The maximum Gasteiger partial charge on any atom is 0.0570 e. The highest BCUT2D eigenvalue weighted by atomic mass is 15.5. The van der Waals surface area contributed by atoms with Crippen LogP contribution < -0.4 is 10.4 Å². The van der Waals surface area contributed by atoms with E-state index in [1.165, 1.54) is 5.57 Å². The van der Waals surface area contributed by atoms with E-state index in [2.05, 4.69) is 37.6 Å². The molecule has 0 aliphatic carbocycles. The largest absolute Gasteiger partial charge is 0.285 e. The minimum atomic E-state index is 1.14. The minimum absolute atomic E-state index is 1.14. The molecule has 0 spiro atoms. The van der Waals surface area contributed by atoms with Crippen molar-refractivity contribution in [2.45, 2.75) is 13.8 Å². The summed E-state index contributed by atoms with van der Waals surface area (Å²) in [6.07, 6.45) is 2.06. The van der Waals surface area contributed by atoms with Gasteiger partial charge in [0, 0.05) is 13.2 Å². The molecule has 0 radical (unpaired) electrons. The lowest BCUT2D eigenvalue weighted by atomic mass is 10.3. The van der Waals surface area contributed by atoms with Crippen LogP contribution in [0.5, 0.6) is 0 Å². The second-order valence-electron chi connectivity index (χ2n) is 3.14. The highest BCUT2D eigenvalue weighted by molar-refractivity contribution is 5.47. The van der Waals surface area contributed by atoms with E-state index in [-0.39, 0.29) is 0 Å². The van der Waals surface area contributed by atoms with Crippen LogP contribution in [-0.2, 0) is 0 Å². The molecule has 0 aliphatic rings. The summed E-state index contributed by atoms with van der Waals surface area (Å²) in [7, 11) is 1.91. The molecule has 0 unspecified atom stereocenters. The Kier molecular flexibility index (Phi) is 3.53. The normalized spacial score (nSPS) is 9.46. The highest BCUT2D eigenvalue weighted by Crippen LogP contribution is 2.11. The molecule has 0 saturated carbocycles. The number of allylic oxidation sites excluding steroid dienone is 1. The minimum Gasteiger partial charge on any atom is -0.285 e. The molecule has 1 aromatic rings. The second kappa shape index (κ2) is 4.67. The van der Waals surface area contributed by atoms with Gasteiger partial charge in [0.25, 0.3) is 0 Å². The quantitative estimate of drug-likeness (QED) is 0.712. The maximum absolute atomic E-state index is 3.11. The van der Waals surface area contributed by atoms with Crippen LogP contribution in [0.25, 0.3) is 0 Å². The molecule has 0 bridgehead atoms. The molecule has 1 rings (SSSR count). The topological polar surface area (TPSA) is 15.3 Å². The van der Waals surface area contributed by atoms with E-state index in [4.69, 9.17) is 0 Å². The van der Waals surface area contributed by atoms with Crippen molar-refractivity contribution in [3.8, 4) is 0 Å². The van der Waals surface area contributed by atoms with Crippen LogP contribution in [0.4, 0.5) is 5.69 Å². The lowest BCUT2D eigenvalue weighted by Gasteiger charge is -2.19. The number of nitrogens with zero attached hydrogens (tertiary/aromatic N) is 1. The van der Waals surface area contributed by atoms with E-state index >= 15 is 0 Å². The number of benzene rings is 1. The lowest BCUT2D eigenvalue weighted by Crippen LogP contribution is -2.29. The lowest BCUT2D eigenvalue weighted by molar-refractivity contribution is 0.821. The number of hydrogen-bond donors (Lipinski definition) is 1. The molecule has 0 atom stereocenters. The van der Waals surface area contributed by atoms with Crippen molar-refractivity contribution in [2.75, 3.05) is 12.1 Å². The summed E-state index contributed by atoms with van der Waals surface area (Å²) in [5.41, 5.74) is 5.51. The van der Waals surface area contributed by atoms with Crippen molar-refractivity contribution in [3.05, 3.63) is 42.1 Å². The Bertz CT molecular complexity index is 273. The third kappa shape index (κ3) is 2.92. The van der Waals surface area contributed by atoms with Gasteiger partial charge in [-0.15, -0.1) is 0 Å². The zero-order valence-corrected chi connectivity index (χ0v) is 8.41. The van der Waals surface area contributed by atoms with Crippen molar-refractivity contribution >= 4 is 5.69 Å². The summed E-state index contributed by atoms with van der Waals surface area (Å²) in [5, 5.41) is 2.00. The van der Waals surface area contributed by atoms with Gasteiger partial charge in [0.1, 0.15) is 0 Å². The van der Waals surface area contributed by atoms with E-state index in [1.807, 2.05) is 30.3 Å². The van der Waals surface area contributed by atoms with Gasteiger partial charge >= 0.3 is 0 Å². The molecule has 0 fully saturated rings. The van der Waals surface area contributed by atoms with Crippen LogP contribution in [0.15, 0.2) is 42.1 Å². The predicted octanol–water partition coefficient (Wildman–Crippen LogP) is 2.55. The number of para-hydroxylation sites is 1. The average Bonchev–Trinajstić information content (AvgIpc) is 2.15. The van der Waals surface area contributed by atoms with Crippen molar-refractivity contribution in [2.24, 2.45) is 0 Å². The van der Waals surface area contributed by atoms with Gasteiger partial charge < -0.3 is 0 Å². The Hall–Kier alpha value is -1.28. The van der Waals surface area contributed by atoms with Crippen LogP contribution in [0.3, 0.4) is 0 Å². The molecule has 2 heteroatoms. The van der Waals surface area contributed by atoms with Gasteiger partial charge in [-0.1, -0.05) is 23.8 Å². The van der Waals surface area contributed by atoms with Crippen LogP contribution in [0.2, 0.25) is 0 Å². The zero-order chi connectivity index (χ0) is 9.68. The summed E-state index contributed by atoms with van der Waals surface area (Å²) in [5.74, 6) is 0. The zero-order valence-electron chi connectivity index (χ0n) is 8.41. The number of nitrogens with one attached hydrogen (secondary N) is 1. The molecule has 1 aromatic carbocycles. The van der Waals surface area contributed by atoms with Crippen LogP contribution in [-0.4, -0.2) is 7.05 Å². The van der Waals surface area contributed by atoms with Gasteiger partial charge in [0.2, 0.25) is 0 Å². The fraction of sp³-hybridized carbons (Fsp3) is 0.273. The monoisotopic (exact) mass is 176 g/mol. The fourth-order valence-corrected chi connectivity index (χ4v) is 1.11. The SMILES string of the molecule is CNN(C=C(C)C)c1ccccc1. The van der Waals surface area contributed by atoms with Gasteiger partial charge in [-0.2, -0.15) is 0 Å². The Labute approximate surface area is 79.8 Å². The van der Waals surface area contributed by atoms with Crippen molar-refractivity contribution < 1.29 is 0 Å². The van der Waals surface area contributed by atoms with Crippen LogP contribution in [0, 0.1) is 0 Å². The molecule has 0 amide bonds. The van der Waals surface area contributed by atoms with Gasteiger partial charge in [-0.05, 0) is 26.0 Å². The predicted molar refractivity (Wildman–Crippen MR) is 57.4 cm³/mol.